The van der Waals surface area contributed by atoms with Crippen molar-refractivity contribution in [2.75, 3.05) is 0 Å². The van der Waals surface area contributed by atoms with Crippen molar-refractivity contribution >= 4 is 39.8 Å². The first kappa shape index (κ1) is 13.8. The molecular weight excluding hydrogens is 288 g/mol. The molecule has 108 valence electrons. The largest absolute Gasteiger partial charge is 0.480 e. The van der Waals surface area contributed by atoms with Gasteiger partial charge in [-0.25, -0.2) is 4.98 Å². The maximum absolute atomic E-state index is 10.9. The van der Waals surface area contributed by atoms with Gasteiger partial charge < -0.3 is 10.1 Å². The number of hydrogen-bond donors (Lipinski definition) is 2. The number of carboxylic acid groups (broad SMARTS) is 1. The van der Waals surface area contributed by atoms with Crippen molar-refractivity contribution in [1.29, 1.82) is 0 Å². The highest BCUT2D eigenvalue weighted by molar-refractivity contribution is 8.00. The van der Waals surface area contributed by atoms with E-state index in [4.69, 9.17) is 5.11 Å². The summed E-state index contributed by atoms with van der Waals surface area (Å²) in [7, 11) is 0. The molecule has 1 atom stereocenters. The van der Waals surface area contributed by atoms with Crippen molar-refractivity contribution in [2.45, 2.75) is 31.2 Å². The Morgan fingerprint density at radius 3 is 2.81 bits per heavy atom. The molecule has 2 heterocycles. The quantitative estimate of drug-likeness (QED) is 0.723. The summed E-state index contributed by atoms with van der Waals surface area (Å²) >= 11 is 1.08. The zero-order chi connectivity index (χ0) is 15.1. The average molecular weight is 302 g/mol. The molecule has 0 fully saturated rings. The number of aryl methyl sites for hydroxylation is 2. The summed E-state index contributed by atoms with van der Waals surface area (Å²) in [5.74, 6) is -0.896. The molecule has 0 bridgehead atoms. The smallest absolute Gasteiger partial charge is 0.316 e. The fourth-order valence-corrected chi connectivity index (χ4v) is 2.93. The molecule has 0 aliphatic heterocycles. The fraction of sp³-hybridized carbons (Fsp3) is 0.286. The molecule has 1 aromatic carbocycles. The summed E-state index contributed by atoms with van der Waals surface area (Å²) in [6.07, 6.45) is 0. The van der Waals surface area contributed by atoms with Crippen molar-refractivity contribution in [3.8, 4) is 0 Å². The van der Waals surface area contributed by atoms with Crippen LogP contribution < -0.4 is 0 Å². The molecule has 0 saturated heterocycles. The molecule has 3 aromatic rings. The first-order valence-corrected chi connectivity index (χ1v) is 7.36. The third-order valence-corrected chi connectivity index (χ3v) is 4.21. The molecule has 0 spiro atoms. The third kappa shape index (κ3) is 2.44. The van der Waals surface area contributed by atoms with E-state index in [0.717, 1.165) is 33.8 Å². The van der Waals surface area contributed by atoms with Crippen molar-refractivity contribution in [3.63, 3.8) is 0 Å². The number of H-pyrrole nitrogens is 1. The second-order valence-electron chi connectivity index (χ2n) is 5.02. The molecule has 21 heavy (non-hydrogen) atoms. The van der Waals surface area contributed by atoms with Crippen LogP contribution in [0.25, 0.3) is 22.1 Å². The average Bonchev–Trinajstić information content (AvgIpc) is 2.77. The number of carbonyl (C=O) groups is 1. The molecular formula is C14H14N4O2S. The van der Waals surface area contributed by atoms with Gasteiger partial charge in [-0.2, -0.15) is 0 Å². The number of rotatable bonds is 3. The highest BCUT2D eigenvalue weighted by Crippen LogP contribution is 2.27. The number of benzene rings is 1. The Kier molecular flexibility index (Phi) is 3.29. The standard InChI is InChI=1S/C14H14N4O2S/c1-6-4-7(2)10-9(5-6)11-12(15-10)16-14(18-17-11)21-8(3)13(19)20/h4-5,8H,1-3H3,(H,19,20)(H,15,16,18). The maximum Gasteiger partial charge on any atom is 0.316 e. The summed E-state index contributed by atoms with van der Waals surface area (Å²) in [5.41, 5.74) is 4.61. The first-order valence-electron chi connectivity index (χ1n) is 6.48. The maximum atomic E-state index is 10.9. The lowest BCUT2D eigenvalue weighted by atomic mass is 10.1. The Morgan fingerprint density at radius 1 is 1.33 bits per heavy atom. The van der Waals surface area contributed by atoms with Crippen LogP contribution >= 0.6 is 11.8 Å². The van der Waals surface area contributed by atoms with E-state index in [9.17, 15) is 4.79 Å². The number of aromatic nitrogens is 4. The second-order valence-corrected chi connectivity index (χ2v) is 6.33. The lowest BCUT2D eigenvalue weighted by Gasteiger charge is -2.02. The molecule has 3 rings (SSSR count). The Bertz CT molecular complexity index is 859. The van der Waals surface area contributed by atoms with Gasteiger partial charge in [0, 0.05) is 5.39 Å². The molecule has 0 amide bonds. The molecule has 2 aromatic heterocycles. The van der Waals surface area contributed by atoms with Crippen LogP contribution in [-0.2, 0) is 4.79 Å². The van der Waals surface area contributed by atoms with Gasteiger partial charge in [-0.15, -0.1) is 10.2 Å². The van der Waals surface area contributed by atoms with E-state index in [1.54, 1.807) is 6.92 Å². The van der Waals surface area contributed by atoms with Gasteiger partial charge in [0.2, 0.25) is 5.16 Å². The SMILES string of the molecule is Cc1cc(C)c2[nH]c3nc(SC(C)C(=O)O)nnc3c2c1. The van der Waals surface area contributed by atoms with E-state index in [0.29, 0.717) is 16.3 Å². The zero-order valence-electron chi connectivity index (χ0n) is 11.8. The van der Waals surface area contributed by atoms with Crippen LogP contribution in [0, 0.1) is 13.8 Å². The lowest BCUT2D eigenvalue weighted by Crippen LogP contribution is -2.12. The highest BCUT2D eigenvalue weighted by atomic mass is 32.2. The van der Waals surface area contributed by atoms with Crippen molar-refractivity contribution in [2.24, 2.45) is 0 Å². The van der Waals surface area contributed by atoms with Gasteiger partial charge in [0.05, 0.1) is 5.52 Å². The predicted molar refractivity (Wildman–Crippen MR) is 81.6 cm³/mol. The van der Waals surface area contributed by atoms with Crippen molar-refractivity contribution in [1.82, 2.24) is 20.2 Å². The molecule has 2 N–H and O–H groups in total. The number of aromatic amines is 1. The molecule has 1 unspecified atom stereocenters. The Balaban J connectivity index is 2.12. The Hall–Kier alpha value is -2.15. The number of fused-ring (bicyclic) bond motifs is 3. The minimum Gasteiger partial charge on any atom is -0.480 e. The fourth-order valence-electron chi connectivity index (χ4n) is 2.28. The molecule has 0 saturated carbocycles. The monoisotopic (exact) mass is 302 g/mol. The minimum absolute atomic E-state index is 0.360. The van der Waals surface area contributed by atoms with Crippen LogP contribution in [0.2, 0.25) is 0 Å². The number of nitrogens with zero attached hydrogens (tertiary/aromatic N) is 3. The number of nitrogens with one attached hydrogen (secondary N) is 1. The molecule has 6 nitrogen and oxygen atoms in total. The number of carboxylic acids is 1. The van der Waals surface area contributed by atoms with E-state index in [-0.39, 0.29) is 0 Å². The summed E-state index contributed by atoms with van der Waals surface area (Å²) in [5, 5.41) is 17.9. The summed E-state index contributed by atoms with van der Waals surface area (Å²) in [6, 6.07) is 4.14. The normalized spacial score (nSPS) is 12.9. The minimum atomic E-state index is -0.896. The number of hydrogen-bond acceptors (Lipinski definition) is 5. The van der Waals surface area contributed by atoms with E-state index >= 15 is 0 Å². The van der Waals surface area contributed by atoms with Crippen molar-refractivity contribution < 1.29 is 9.90 Å². The topological polar surface area (TPSA) is 91.8 Å². The summed E-state index contributed by atoms with van der Waals surface area (Å²) in [6.45, 7) is 5.66. The third-order valence-electron chi connectivity index (χ3n) is 3.28. The summed E-state index contributed by atoms with van der Waals surface area (Å²) in [4.78, 5) is 18.5. The van der Waals surface area contributed by atoms with Gasteiger partial charge in [-0.3, -0.25) is 4.79 Å². The van der Waals surface area contributed by atoms with E-state index in [2.05, 4.69) is 26.2 Å². The number of aliphatic carboxylic acids is 1. The molecule has 0 aliphatic carbocycles. The van der Waals surface area contributed by atoms with Crippen LogP contribution in [0.4, 0.5) is 0 Å². The molecule has 0 radical (unpaired) electrons. The Morgan fingerprint density at radius 2 is 2.10 bits per heavy atom. The molecule has 7 heteroatoms. The van der Waals surface area contributed by atoms with E-state index < -0.39 is 11.2 Å². The van der Waals surface area contributed by atoms with Crippen LogP contribution in [0.3, 0.4) is 0 Å². The summed E-state index contributed by atoms with van der Waals surface area (Å²) < 4.78 is 0. The molecule has 0 aliphatic rings. The van der Waals surface area contributed by atoms with Gasteiger partial charge in [0.1, 0.15) is 10.8 Å². The van der Waals surface area contributed by atoms with Crippen LogP contribution in [-0.4, -0.2) is 36.5 Å². The van der Waals surface area contributed by atoms with Crippen molar-refractivity contribution in [3.05, 3.63) is 23.3 Å². The zero-order valence-corrected chi connectivity index (χ0v) is 12.7. The van der Waals surface area contributed by atoms with Crippen LogP contribution in [0.5, 0.6) is 0 Å². The van der Waals surface area contributed by atoms with Gasteiger partial charge in [-0.05, 0) is 32.4 Å². The Labute approximate surface area is 125 Å². The van der Waals surface area contributed by atoms with Gasteiger partial charge >= 0.3 is 5.97 Å². The second kappa shape index (κ2) is 5.00. The van der Waals surface area contributed by atoms with E-state index in [1.807, 2.05) is 19.9 Å². The van der Waals surface area contributed by atoms with Gasteiger partial charge in [-0.1, -0.05) is 23.4 Å². The highest BCUT2D eigenvalue weighted by Gasteiger charge is 2.16. The van der Waals surface area contributed by atoms with E-state index in [1.165, 1.54) is 0 Å². The first-order chi connectivity index (χ1) is 9.95. The van der Waals surface area contributed by atoms with Crippen LogP contribution in [0.15, 0.2) is 17.3 Å². The van der Waals surface area contributed by atoms with Gasteiger partial charge in [0.25, 0.3) is 0 Å². The van der Waals surface area contributed by atoms with Gasteiger partial charge in [0.15, 0.2) is 5.65 Å². The predicted octanol–water partition coefficient (Wildman–Crippen LogP) is 2.69. The lowest BCUT2D eigenvalue weighted by molar-refractivity contribution is -0.136. The van der Waals surface area contributed by atoms with Crippen LogP contribution in [0.1, 0.15) is 18.1 Å². The number of thioether (sulfide) groups is 1.